The Morgan fingerprint density at radius 2 is 1.83 bits per heavy atom. The van der Waals surface area contributed by atoms with Gasteiger partial charge in [-0.1, -0.05) is 25.9 Å². The van der Waals surface area contributed by atoms with Crippen LogP contribution < -0.4 is 0 Å². The molecule has 0 aromatic heterocycles. The van der Waals surface area contributed by atoms with Crippen LogP contribution in [-0.2, 0) is 14.4 Å². The summed E-state index contributed by atoms with van der Waals surface area (Å²) < 4.78 is 0. The van der Waals surface area contributed by atoms with Gasteiger partial charge in [-0.3, -0.25) is 9.59 Å². The van der Waals surface area contributed by atoms with E-state index < -0.39 is 5.97 Å². The topological polar surface area (TPSA) is 79.2 Å². The van der Waals surface area contributed by atoms with Crippen LogP contribution in [-0.4, -0.2) is 47.8 Å². The third-order valence-corrected chi connectivity index (χ3v) is 10.6. The number of fused-ring (bicyclic) bond motifs is 3. The van der Waals surface area contributed by atoms with Crippen molar-refractivity contribution < 1.29 is 19.5 Å². The van der Waals surface area contributed by atoms with E-state index in [0.717, 1.165) is 56.8 Å². The molecule has 3 saturated carbocycles. The molecule has 0 bridgehead atoms. The molecule has 7 atom stereocenters. The third-order valence-electron chi connectivity index (χ3n) is 10.6. The van der Waals surface area contributed by atoms with Crippen molar-refractivity contribution in [3.8, 4) is 0 Å². The van der Waals surface area contributed by atoms with Crippen LogP contribution in [0, 0.1) is 40.4 Å². The fraction of sp³-hybridized carbons (Fsp3) is 0.897. The number of carbonyl (C=O) groups excluding carboxylic acids is 1. The maximum Gasteiger partial charge on any atom is 0.303 e. The number of hydrogen-bond donors (Lipinski definition) is 1. The molecule has 0 saturated heterocycles. The Hall–Kier alpha value is -1.59. The second-order valence-corrected chi connectivity index (χ2v) is 12.1. The van der Waals surface area contributed by atoms with E-state index in [1.54, 1.807) is 7.11 Å². The molecule has 0 aliphatic heterocycles. The minimum atomic E-state index is -0.722. The number of rotatable bonds is 11. The van der Waals surface area contributed by atoms with Gasteiger partial charge in [0.15, 0.2) is 0 Å². The highest BCUT2D eigenvalue weighted by molar-refractivity contribution is 5.91. The summed E-state index contributed by atoms with van der Waals surface area (Å²) in [6.45, 7) is 13.0. The third kappa shape index (κ3) is 5.56. The minimum absolute atomic E-state index is 0.187. The van der Waals surface area contributed by atoms with Gasteiger partial charge in [0.2, 0.25) is 5.91 Å². The first kappa shape index (κ1) is 28.0. The van der Waals surface area contributed by atoms with Crippen LogP contribution >= 0.6 is 0 Å². The molecule has 0 heterocycles. The van der Waals surface area contributed by atoms with Crippen molar-refractivity contribution in [3.05, 3.63) is 0 Å². The van der Waals surface area contributed by atoms with Crippen molar-refractivity contribution in [2.45, 2.75) is 105 Å². The van der Waals surface area contributed by atoms with Gasteiger partial charge in [0.1, 0.15) is 7.11 Å². The smallest absolute Gasteiger partial charge is 0.303 e. The lowest BCUT2D eigenvalue weighted by Gasteiger charge is -2.57. The van der Waals surface area contributed by atoms with E-state index in [0.29, 0.717) is 47.8 Å². The maximum atomic E-state index is 12.5. The zero-order valence-corrected chi connectivity index (χ0v) is 23.1. The van der Waals surface area contributed by atoms with Gasteiger partial charge >= 0.3 is 5.97 Å². The number of oxime groups is 1. The van der Waals surface area contributed by atoms with E-state index in [4.69, 9.17) is 4.84 Å². The molecular formula is C29H50N2O4. The first-order valence-corrected chi connectivity index (χ1v) is 14.2. The lowest BCUT2D eigenvalue weighted by Crippen LogP contribution is -2.52. The summed E-state index contributed by atoms with van der Waals surface area (Å²) in [5.74, 6) is 2.77. The lowest BCUT2D eigenvalue weighted by atomic mass is 9.47. The van der Waals surface area contributed by atoms with E-state index >= 15 is 0 Å². The fourth-order valence-electron chi connectivity index (χ4n) is 8.73. The molecule has 3 rings (SSSR count). The van der Waals surface area contributed by atoms with Gasteiger partial charge in [-0.25, -0.2) is 0 Å². The van der Waals surface area contributed by atoms with Crippen LogP contribution in [0.1, 0.15) is 105 Å². The summed E-state index contributed by atoms with van der Waals surface area (Å²) in [5, 5.41) is 13.8. The predicted molar refractivity (Wildman–Crippen MR) is 140 cm³/mol. The number of carboxylic acid groups (broad SMARTS) is 1. The van der Waals surface area contributed by atoms with Crippen LogP contribution in [0.15, 0.2) is 5.16 Å². The standard InChI is InChI=1S/C29H50N2O4/c1-7-31(8-2)26(32)11-9-10-20(3)22-13-14-23-21-12-15-25(30-35-6)29(5,19-17-27(33)34)24(21)16-18-28(22,23)4/h20-24H,7-19H2,1-6H3,(H,33,34)/t20-,21+,22-,23+,24+,28-,29-/m1/s1. The normalized spacial score (nSPS) is 36.3. The van der Waals surface area contributed by atoms with Crippen LogP contribution in [0.5, 0.6) is 0 Å². The molecule has 1 amide bonds. The molecule has 1 N–H and O–H groups in total. The summed E-state index contributed by atoms with van der Waals surface area (Å²) in [6, 6.07) is 0. The molecular weight excluding hydrogens is 440 g/mol. The van der Waals surface area contributed by atoms with Crippen LogP contribution in [0.25, 0.3) is 0 Å². The average Bonchev–Trinajstić information content (AvgIpc) is 3.18. The van der Waals surface area contributed by atoms with Crippen molar-refractivity contribution >= 4 is 17.6 Å². The highest BCUT2D eigenvalue weighted by Gasteiger charge is 2.59. The summed E-state index contributed by atoms with van der Waals surface area (Å²) in [4.78, 5) is 31.1. The molecule has 200 valence electrons. The second kappa shape index (κ2) is 11.6. The minimum Gasteiger partial charge on any atom is -0.481 e. The number of hydrogen-bond acceptors (Lipinski definition) is 4. The van der Waals surface area contributed by atoms with Gasteiger partial charge in [0.05, 0.1) is 5.71 Å². The molecule has 3 fully saturated rings. The molecule has 0 aromatic carbocycles. The van der Waals surface area contributed by atoms with Crippen LogP contribution in [0.3, 0.4) is 0 Å². The molecule has 3 aliphatic rings. The zero-order valence-electron chi connectivity index (χ0n) is 23.1. The van der Waals surface area contributed by atoms with Crippen molar-refractivity contribution in [3.63, 3.8) is 0 Å². The largest absolute Gasteiger partial charge is 0.481 e. The van der Waals surface area contributed by atoms with E-state index in [9.17, 15) is 14.7 Å². The van der Waals surface area contributed by atoms with Gasteiger partial charge < -0.3 is 14.8 Å². The number of carbonyl (C=O) groups is 2. The number of carboxylic acids is 1. The second-order valence-electron chi connectivity index (χ2n) is 12.1. The Morgan fingerprint density at radius 3 is 2.46 bits per heavy atom. The van der Waals surface area contributed by atoms with Gasteiger partial charge in [0.25, 0.3) is 0 Å². The van der Waals surface area contributed by atoms with Gasteiger partial charge in [0, 0.05) is 31.3 Å². The highest BCUT2D eigenvalue weighted by Crippen LogP contribution is 2.66. The fourth-order valence-corrected chi connectivity index (χ4v) is 8.73. The quantitative estimate of drug-likeness (QED) is 0.340. The van der Waals surface area contributed by atoms with Gasteiger partial charge in [-0.15, -0.1) is 0 Å². The molecule has 0 radical (unpaired) electrons. The first-order valence-electron chi connectivity index (χ1n) is 14.2. The zero-order chi connectivity index (χ0) is 25.8. The summed E-state index contributed by atoms with van der Waals surface area (Å²) in [5.41, 5.74) is 1.24. The van der Waals surface area contributed by atoms with E-state index in [-0.39, 0.29) is 11.8 Å². The molecule has 0 aromatic rings. The Morgan fingerprint density at radius 1 is 1.11 bits per heavy atom. The summed E-state index contributed by atoms with van der Waals surface area (Å²) in [7, 11) is 1.60. The Kier molecular flexibility index (Phi) is 9.31. The number of aliphatic carboxylic acids is 1. The molecule has 35 heavy (non-hydrogen) atoms. The van der Waals surface area contributed by atoms with Crippen molar-refractivity contribution in [1.29, 1.82) is 0 Å². The van der Waals surface area contributed by atoms with E-state index in [2.05, 4.69) is 39.8 Å². The summed E-state index contributed by atoms with van der Waals surface area (Å²) >= 11 is 0. The van der Waals surface area contributed by atoms with Crippen LogP contribution in [0.2, 0.25) is 0 Å². The molecule has 6 heteroatoms. The Labute approximate surface area is 213 Å². The van der Waals surface area contributed by atoms with Crippen LogP contribution in [0.4, 0.5) is 0 Å². The maximum absolute atomic E-state index is 12.5. The van der Waals surface area contributed by atoms with Gasteiger partial charge in [-0.2, -0.15) is 0 Å². The highest BCUT2D eigenvalue weighted by atomic mass is 16.6. The predicted octanol–water partition coefficient (Wildman–Crippen LogP) is 6.39. The van der Waals surface area contributed by atoms with Crippen molar-refractivity contribution in [2.75, 3.05) is 20.2 Å². The molecule has 3 aliphatic carbocycles. The van der Waals surface area contributed by atoms with Gasteiger partial charge in [-0.05, 0) is 107 Å². The van der Waals surface area contributed by atoms with E-state index in [1.807, 2.05) is 4.90 Å². The van der Waals surface area contributed by atoms with Crippen molar-refractivity contribution in [1.82, 2.24) is 4.90 Å². The Balaban J connectivity index is 1.69. The molecule has 0 spiro atoms. The first-order chi connectivity index (χ1) is 16.6. The molecule has 6 nitrogen and oxygen atoms in total. The number of nitrogens with zero attached hydrogens (tertiary/aromatic N) is 2. The monoisotopic (exact) mass is 490 g/mol. The SMILES string of the molecule is CCN(CC)C(=O)CCC[C@@H](C)[C@H]1CC[C@H]2[C@@H]3CCC(=NOC)[C@](C)(CCC(=O)O)[C@H]3CC[C@]12C. The average molecular weight is 491 g/mol. The van der Waals surface area contributed by atoms with E-state index in [1.165, 1.54) is 19.3 Å². The molecule has 0 unspecified atom stereocenters. The lowest BCUT2D eigenvalue weighted by molar-refractivity contribution is -0.138. The summed E-state index contributed by atoms with van der Waals surface area (Å²) in [6.07, 6.45) is 10.7. The number of amides is 1. The Bertz CT molecular complexity index is 779. The van der Waals surface area contributed by atoms with Crippen molar-refractivity contribution in [2.24, 2.45) is 45.6 Å².